The van der Waals surface area contributed by atoms with Gasteiger partial charge in [-0.1, -0.05) is 52.3 Å². The van der Waals surface area contributed by atoms with Crippen LogP contribution in [0.25, 0.3) is 0 Å². The minimum absolute atomic E-state index is 0.0734. The quantitative estimate of drug-likeness (QED) is 0.695. The van der Waals surface area contributed by atoms with Crippen molar-refractivity contribution in [2.75, 3.05) is 13.1 Å². The molecule has 0 atom stereocenters. The zero-order chi connectivity index (χ0) is 15.9. The second-order valence-corrected chi connectivity index (χ2v) is 5.82. The molecule has 2 aromatic carbocycles. The lowest BCUT2D eigenvalue weighted by Gasteiger charge is -2.21. The molecule has 0 saturated heterocycles. The summed E-state index contributed by atoms with van der Waals surface area (Å²) in [7, 11) is 0. The molecule has 0 aliphatic heterocycles. The molecule has 0 spiro atoms. The fourth-order valence-electron chi connectivity index (χ4n) is 2.17. The van der Waals surface area contributed by atoms with Crippen LogP contribution in [0.2, 0.25) is 0 Å². The van der Waals surface area contributed by atoms with Crippen LogP contribution in [0, 0.1) is 5.82 Å². The van der Waals surface area contributed by atoms with Gasteiger partial charge in [-0.2, -0.15) is 0 Å². The van der Waals surface area contributed by atoms with E-state index in [4.69, 9.17) is 0 Å². The Hall–Kier alpha value is -1.94. The van der Waals surface area contributed by atoms with E-state index in [-0.39, 0.29) is 11.5 Å². The van der Waals surface area contributed by atoms with E-state index in [1.54, 1.807) is 17.0 Å². The largest absolute Gasteiger partial charge is 0.335 e. The van der Waals surface area contributed by atoms with Gasteiger partial charge in [0.2, 0.25) is 0 Å². The van der Waals surface area contributed by atoms with Crippen LogP contribution in [0.3, 0.4) is 0 Å². The molecule has 2 rings (SSSR count). The predicted octanol–water partition coefficient (Wildman–Crippen LogP) is 4.46. The molecule has 0 unspecified atom stereocenters. The number of hydrogen-bond donors (Lipinski definition) is 0. The van der Waals surface area contributed by atoms with Gasteiger partial charge in [-0.3, -0.25) is 4.79 Å². The lowest BCUT2D eigenvalue weighted by atomic mass is 10.1. The number of rotatable bonds is 6. The summed E-state index contributed by atoms with van der Waals surface area (Å²) in [4.78, 5) is 14.1. The number of carbonyl (C=O) groups is 1. The van der Waals surface area contributed by atoms with Gasteiger partial charge < -0.3 is 4.90 Å². The zero-order valence-electron chi connectivity index (χ0n) is 12.1. The fraction of sp³-hybridized carbons (Fsp3) is 0.167. The summed E-state index contributed by atoms with van der Waals surface area (Å²) >= 11 is 3.27. The van der Waals surface area contributed by atoms with Crippen molar-refractivity contribution in [1.29, 1.82) is 0 Å². The number of benzene rings is 2. The number of hydrogen-bond acceptors (Lipinski definition) is 1. The maximum Gasteiger partial charge on any atom is 0.257 e. The highest BCUT2D eigenvalue weighted by atomic mass is 79.9. The average Bonchev–Trinajstić information content (AvgIpc) is 2.54. The number of nitrogens with zero attached hydrogens (tertiary/aromatic N) is 1. The summed E-state index contributed by atoms with van der Waals surface area (Å²) in [5, 5.41) is 0. The van der Waals surface area contributed by atoms with Crippen LogP contribution < -0.4 is 0 Å². The molecule has 2 nitrogen and oxygen atoms in total. The Labute approximate surface area is 138 Å². The maximum atomic E-state index is 13.9. The predicted molar refractivity (Wildman–Crippen MR) is 90.3 cm³/mol. The Morgan fingerprint density at radius 2 is 1.95 bits per heavy atom. The Morgan fingerprint density at radius 3 is 2.64 bits per heavy atom. The standard InChI is InChI=1S/C18H17BrFNO/c1-2-11-21(12-10-14-6-4-3-5-7-14)18(22)16-13-15(19)8-9-17(16)20/h2-9,13H,1,10-12H2. The second-order valence-electron chi connectivity index (χ2n) is 4.90. The van der Waals surface area contributed by atoms with Crippen molar-refractivity contribution < 1.29 is 9.18 Å². The normalized spacial score (nSPS) is 10.3. The summed E-state index contributed by atoms with van der Waals surface area (Å²) in [5.41, 5.74) is 1.21. The van der Waals surface area contributed by atoms with Crippen molar-refractivity contribution in [2.45, 2.75) is 6.42 Å². The second kappa shape index (κ2) is 7.90. The number of carbonyl (C=O) groups excluding carboxylic acids is 1. The van der Waals surface area contributed by atoms with E-state index in [9.17, 15) is 9.18 Å². The molecule has 2 aromatic rings. The Kier molecular flexibility index (Phi) is 5.90. The molecule has 0 aliphatic rings. The smallest absolute Gasteiger partial charge is 0.257 e. The van der Waals surface area contributed by atoms with E-state index < -0.39 is 5.82 Å². The van der Waals surface area contributed by atoms with Gasteiger partial charge >= 0.3 is 0 Å². The Balaban J connectivity index is 2.14. The van der Waals surface area contributed by atoms with Crippen LogP contribution in [0.1, 0.15) is 15.9 Å². The minimum Gasteiger partial charge on any atom is -0.335 e. The SMILES string of the molecule is C=CCN(CCc1ccccc1)C(=O)c1cc(Br)ccc1F. The molecule has 0 aromatic heterocycles. The molecular weight excluding hydrogens is 345 g/mol. The van der Waals surface area contributed by atoms with Gasteiger partial charge in [0, 0.05) is 17.6 Å². The molecule has 0 N–H and O–H groups in total. The molecule has 0 heterocycles. The van der Waals surface area contributed by atoms with Gasteiger partial charge in [0.05, 0.1) is 5.56 Å². The molecular formula is C18H17BrFNO. The van der Waals surface area contributed by atoms with E-state index >= 15 is 0 Å². The summed E-state index contributed by atoms with van der Waals surface area (Å²) in [6.45, 7) is 4.58. The first-order chi connectivity index (χ1) is 10.6. The van der Waals surface area contributed by atoms with Crippen molar-refractivity contribution in [3.05, 3.63) is 82.6 Å². The van der Waals surface area contributed by atoms with Crippen LogP contribution >= 0.6 is 15.9 Å². The fourth-order valence-corrected chi connectivity index (χ4v) is 2.53. The van der Waals surface area contributed by atoms with Gasteiger partial charge in [-0.25, -0.2) is 4.39 Å². The highest BCUT2D eigenvalue weighted by Gasteiger charge is 2.18. The van der Waals surface area contributed by atoms with Gasteiger partial charge in [-0.05, 0) is 30.2 Å². The average molecular weight is 362 g/mol. The first kappa shape index (κ1) is 16.4. The zero-order valence-corrected chi connectivity index (χ0v) is 13.7. The van der Waals surface area contributed by atoms with Gasteiger partial charge in [0.1, 0.15) is 5.82 Å². The van der Waals surface area contributed by atoms with Crippen LogP contribution in [0.15, 0.2) is 65.7 Å². The Bertz CT molecular complexity index is 657. The number of halogens is 2. The first-order valence-electron chi connectivity index (χ1n) is 7.01. The highest BCUT2D eigenvalue weighted by molar-refractivity contribution is 9.10. The summed E-state index contributed by atoms with van der Waals surface area (Å²) in [6, 6.07) is 14.3. The highest BCUT2D eigenvalue weighted by Crippen LogP contribution is 2.17. The molecule has 22 heavy (non-hydrogen) atoms. The molecule has 0 radical (unpaired) electrons. The van der Waals surface area contributed by atoms with Crippen LogP contribution in [0.4, 0.5) is 4.39 Å². The van der Waals surface area contributed by atoms with E-state index in [1.807, 2.05) is 30.3 Å². The maximum absolute atomic E-state index is 13.9. The van der Waals surface area contributed by atoms with Gasteiger partial charge in [-0.15, -0.1) is 6.58 Å². The molecule has 0 bridgehead atoms. The third-order valence-corrected chi connectivity index (χ3v) is 3.80. The molecule has 4 heteroatoms. The summed E-state index contributed by atoms with van der Waals surface area (Å²) in [5.74, 6) is -0.836. The van der Waals surface area contributed by atoms with E-state index in [2.05, 4.69) is 22.5 Å². The third kappa shape index (κ3) is 4.28. The lowest BCUT2D eigenvalue weighted by Crippen LogP contribution is -2.33. The van der Waals surface area contributed by atoms with Crippen molar-refractivity contribution in [3.8, 4) is 0 Å². The number of amides is 1. The van der Waals surface area contributed by atoms with Gasteiger partial charge in [0.25, 0.3) is 5.91 Å². The Morgan fingerprint density at radius 1 is 1.23 bits per heavy atom. The molecule has 114 valence electrons. The van der Waals surface area contributed by atoms with Crippen LogP contribution in [-0.2, 0) is 6.42 Å². The van der Waals surface area contributed by atoms with Gasteiger partial charge in [0.15, 0.2) is 0 Å². The van der Waals surface area contributed by atoms with E-state index in [0.29, 0.717) is 17.6 Å². The van der Waals surface area contributed by atoms with Crippen molar-refractivity contribution in [3.63, 3.8) is 0 Å². The third-order valence-electron chi connectivity index (χ3n) is 3.31. The molecule has 0 saturated carbocycles. The molecule has 1 amide bonds. The first-order valence-corrected chi connectivity index (χ1v) is 7.80. The summed E-state index contributed by atoms with van der Waals surface area (Å²) < 4.78 is 14.6. The van der Waals surface area contributed by atoms with Crippen molar-refractivity contribution in [1.82, 2.24) is 4.90 Å². The topological polar surface area (TPSA) is 20.3 Å². The monoisotopic (exact) mass is 361 g/mol. The summed E-state index contributed by atoms with van der Waals surface area (Å²) in [6.07, 6.45) is 2.37. The van der Waals surface area contributed by atoms with E-state index in [1.165, 1.54) is 12.1 Å². The molecule has 0 aliphatic carbocycles. The van der Waals surface area contributed by atoms with E-state index in [0.717, 1.165) is 12.0 Å². The lowest BCUT2D eigenvalue weighted by molar-refractivity contribution is 0.0771. The van der Waals surface area contributed by atoms with Crippen molar-refractivity contribution >= 4 is 21.8 Å². The molecule has 0 fully saturated rings. The van der Waals surface area contributed by atoms with Crippen molar-refractivity contribution in [2.24, 2.45) is 0 Å². The van der Waals surface area contributed by atoms with Crippen LogP contribution in [0.5, 0.6) is 0 Å². The minimum atomic E-state index is -0.512. The van der Waals surface area contributed by atoms with Crippen LogP contribution in [-0.4, -0.2) is 23.9 Å².